The highest BCUT2D eigenvalue weighted by molar-refractivity contribution is 5.71. The standard InChI is InChI=1S/C74H120O6/c1-4-7-10-13-16-19-22-25-27-29-31-33-34-35-36-37-38-39-40-42-43-45-47-49-52-55-58-61-64-67-73(76)79-70-71(69-78-72(75)66-63-60-57-54-51-24-21-18-15-12-9-6-3)80-74(77)68-65-62-59-56-53-50-48-46-44-41-32-30-28-26-23-20-17-14-11-8-5-2/h7-8,10-11,16-17,19-20,25-28,31-33,35-36,38-39,41-43,47,49,71H,4-6,9,12-15,18,21-24,29-30,34,37,40,44-46,48,50-70H2,1-3H3/b10-7-,11-8-,19-16-,20-17-,27-25-,28-26-,33-31-,36-35-,39-38-,41-32-,43-42-,49-47-. The second-order valence-corrected chi connectivity index (χ2v) is 21.3. The summed E-state index contributed by atoms with van der Waals surface area (Å²) in [6.45, 7) is 6.39. The summed E-state index contributed by atoms with van der Waals surface area (Å²) in [4.78, 5) is 38.3. The van der Waals surface area contributed by atoms with Gasteiger partial charge in [-0.05, 0) is 122 Å². The van der Waals surface area contributed by atoms with Crippen molar-refractivity contribution in [1.29, 1.82) is 0 Å². The molecule has 0 amide bonds. The van der Waals surface area contributed by atoms with Gasteiger partial charge in [-0.25, -0.2) is 0 Å². The molecule has 0 aromatic heterocycles. The van der Waals surface area contributed by atoms with Crippen molar-refractivity contribution in [3.8, 4) is 0 Å². The van der Waals surface area contributed by atoms with Crippen LogP contribution in [0.25, 0.3) is 0 Å². The Morgan fingerprint density at radius 3 is 0.762 bits per heavy atom. The molecular weight excluding hydrogens is 985 g/mol. The highest BCUT2D eigenvalue weighted by Crippen LogP contribution is 2.15. The van der Waals surface area contributed by atoms with Crippen molar-refractivity contribution in [3.05, 3.63) is 146 Å². The first-order chi connectivity index (χ1) is 39.5. The second-order valence-electron chi connectivity index (χ2n) is 21.3. The van der Waals surface area contributed by atoms with E-state index in [0.29, 0.717) is 19.3 Å². The Balaban J connectivity index is 4.39. The molecule has 0 rings (SSSR count). The minimum Gasteiger partial charge on any atom is -0.462 e. The number of allylic oxidation sites excluding steroid dienone is 24. The van der Waals surface area contributed by atoms with E-state index in [1.165, 1.54) is 89.9 Å². The normalized spacial score (nSPS) is 13.1. The summed E-state index contributed by atoms with van der Waals surface area (Å²) in [6.07, 6.45) is 95.6. The number of esters is 3. The van der Waals surface area contributed by atoms with Gasteiger partial charge in [0.05, 0.1) is 0 Å². The van der Waals surface area contributed by atoms with Crippen LogP contribution in [0.15, 0.2) is 146 Å². The molecule has 0 radical (unpaired) electrons. The molecule has 80 heavy (non-hydrogen) atoms. The Hall–Kier alpha value is -4.71. The molecule has 6 heteroatoms. The minimum absolute atomic E-state index is 0.0921. The maximum Gasteiger partial charge on any atom is 0.306 e. The molecular formula is C74H120O6. The lowest BCUT2D eigenvalue weighted by molar-refractivity contribution is -0.167. The first-order valence-corrected chi connectivity index (χ1v) is 32.8. The van der Waals surface area contributed by atoms with Gasteiger partial charge >= 0.3 is 17.9 Å². The summed E-state index contributed by atoms with van der Waals surface area (Å²) in [5.74, 6) is -0.924. The number of ether oxygens (including phenoxy) is 3. The van der Waals surface area contributed by atoms with E-state index in [-0.39, 0.29) is 31.1 Å². The summed E-state index contributed by atoms with van der Waals surface area (Å²) in [7, 11) is 0. The fraction of sp³-hybridized carbons (Fsp3) is 0.635. The second kappa shape index (κ2) is 66.8. The number of carbonyl (C=O) groups is 3. The molecule has 0 aromatic rings. The van der Waals surface area contributed by atoms with Crippen LogP contribution >= 0.6 is 0 Å². The number of rotatable bonds is 58. The lowest BCUT2D eigenvalue weighted by atomic mass is 10.0. The predicted octanol–water partition coefficient (Wildman–Crippen LogP) is 22.7. The molecule has 0 fully saturated rings. The van der Waals surface area contributed by atoms with Crippen LogP contribution in [0.2, 0.25) is 0 Å². The van der Waals surface area contributed by atoms with Crippen molar-refractivity contribution in [2.75, 3.05) is 13.2 Å². The number of hydrogen-bond acceptors (Lipinski definition) is 6. The summed E-state index contributed by atoms with van der Waals surface area (Å²) in [6, 6.07) is 0. The van der Waals surface area contributed by atoms with Crippen LogP contribution in [0.1, 0.15) is 284 Å². The maximum absolute atomic E-state index is 12.9. The van der Waals surface area contributed by atoms with Crippen LogP contribution in [-0.2, 0) is 28.6 Å². The van der Waals surface area contributed by atoms with E-state index in [9.17, 15) is 14.4 Å². The van der Waals surface area contributed by atoms with Gasteiger partial charge in [0.2, 0.25) is 0 Å². The highest BCUT2D eigenvalue weighted by Gasteiger charge is 2.19. The third-order valence-corrected chi connectivity index (χ3v) is 13.6. The third kappa shape index (κ3) is 64.1. The van der Waals surface area contributed by atoms with Crippen LogP contribution in [0, 0.1) is 0 Å². The van der Waals surface area contributed by atoms with Gasteiger partial charge in [-0.1, -0.05) is 289 Å². The molecule has 0 aromatic carbocycles. The Morgan fingerprint density at radius 2 is 0.487 bits per heavy atom. The molecule has 0 aliphatic rings. The Labute approximate surface area is 493 Å². The SMILES string of the molecule is CC/C=C\C/C=C\C/C=C\C/C=C\C/C=C\C/C=C\C/C=C\C/C=C\CCCCCCC(=O)OCC(COC(=O)CCCCCCCCCCCCCC)OC(=O)CCCCCCCCCC/C=C\C/C=C\C/C=C\C/C=C\CC. The van der Waals surface area contributed by atoms with Crippen LogP contribution in [-0.4, -0.2) is 37.2 Å². The first kappa shape index (κ1) is 75.3. The van der Waals surface area contributed by atoms with E-state index in [0.717, 1.165) is 154 Å². The molecule has 0 saturated carbocycles. The van der Waals surface area contributed by atoms with E-state index in [1.807, 2.05) is 0 Å². The highest BCUT2D eigenvalue weighted by atomic mass is 16.6. The van der Waals surface area contributed by atoms with E-state index >= 15 is 0 Å². The largest absolute Gasteiger partial charge is 0.462 e. The topological polar surface area (TPSA) is 78.9 Å². The van der Waals surface area contributed by atoms with E-state index in [1.54, 1.807) is 0 Å². The fourth-order valence-electron chi connectivity index (χ4n) is 8.74. The van der Waals surface area contributed by atoms with Crippen LogP contribution in [0.4, 0.5) is 0 Å². The molecule has 0 aliphatic carbocycles. The monoisotopic (exact) mass is 1100 g/mol. The lowest BCUT2D eigenvalue weighted by Crippen LogP contribution is -2.30. The summed E-state index contributed by atoms with van der Waals surface area (Å²) >= 11 is 0. The number of hydrogen-bond donors (Lipinski definition) is 0. The molecule has 0 saturated heterocycles. The van der Waals surface area contributed by atoms with Crippen molar-refractivity contribution >= 4 is 17.9 Å². The summed E-state index contributed by atoms with van der Waals surface area (Å²) < 4.78 is 16.9. The Bertz CT molecular complexity index is 1750. The summed E-state index contributed by atoms with van der Waals surface area (Å²) in [5, 5.41) is 0. The third-order valence-electron chi connectivity index (χ3n) is 13.6. The number of unbranched alkanes of at least 4 members (excludes halogenated alkanes) is 23. The zero-order valence-corrected chi connectivity index (χ0v) is 51.8. The van der Waals surface area contributed by atoms with Crippen molar-refractivity contribution in [2.45, 2.75) is 290 Å². The average Bonchev–Trinajstić information content (AvgIpc) is 3.46. The van der Waals surface area contributed by atoms with Gasteiger partial charge in [0.15, 0.2) is 6.10 Å². The van der Waals surface area contributed by atoms with Crippen molar-refractivity contribution < 1.29 is 28.6 Å². The van der Waals surface area contributed by atoms with Crippen LogP contribution in [0.5, 0.6) is 0 Å². The molecule has 1 atom stereocenters. The average molecular weight is 1110 g/mol. The van der Waals surface area contributed by atoms with Crippen molar-refractivity contribution in [1.82, 2.24) is 0 Å². The zero-order chi connectivity index (χ0) is 57.8. The van der Waals surface area contributed by atoms with E-state index < -0.39 is 6.10 Å². The smallest absolute Gasteiger partial charge is 0.306 e. The quantitative estimate of drug-likeness (QED) is 0.0261. The molecule has 0 heterocycles. The van der Waals surface area contributed by atoms with Gasteiger partial charge in [0.25, 0.3) is 0 Å². The lowest BCUT2D eigenvalue weighted by Gasteiger charge is -2.18. The fourth-order valence-corrected chi connectivity index (χ4v) is 8.74. The van der Waals surface area contributed by atoms with Gasteiger partial charge in [-0.3, -0.25) is 14.4 Å². The van der Waals surface area contributed by atoms with E-state index in [4.69, 9.17) is 14.2 Å². The van der Waals surface area contributed by atoms with E-state index in [2.05, 4.69) is 167 Å². The minimum atomic E-state index is -0.799. The molecule has 0 bridgehead atoms. The van der Waals surface area contributed by atoms with Crippen LogP contribution in [0.3, 0.4) is 0 Å². The molecule has 0 N–H and O–H groups in total. The molecule has 6 nitrogen and oxygen atoms in total. The molecule has 0 spiro atoms. The van der Waals surface area contributed by atoms with Gasteiger partial charge < -0.3 is 14.2 Å². The molecule has 1 unspecified atom stereocenters. The zero-order valence-electron chi connectivity index (χ0n) is 51.8. The van der Waals surface area contributed by atoms with Crippen molar-refractivity contribution in [2.24, 2.45) is 0 Å². The van der Waals surface area contributed by atoms with Crippen molar-refractivity contribution in [3.63, 3.8) is 0 Å². The molecule has 452 valence electrons. The van der Waals surface area contributed by atoms with Crippen LogP contribution < -0.4 is 0 Å². The van der Waals surface area contributed by atoms with Gasteiger partial charge in [-0.2, -0.15) is 0 Å². The van der Waals surface area contributed by atoms with Gasteiger partial charge in [-0.15, -0.1) is 0 Å². The Kier molecular flexibility index (Phi) is 62.9. The predicted molar refractivity (Wildman–Crippen MR) is 348 cm³/mol. The first-order valence-electron chi connectivity index (χ1n) is 32.8. The Morgan fingerprint density at radius 1 is 0.263 bits per heavy atom. The molecule has 0 aliphatic heterocycles. The van der Waals surface area contributed by atoms with Gasteiger partial charge in [0, 0.05) is 19.3 Å². The van der Waals surface area contributed by atoms with Gasteiger partial charge in [0.1, 0.15) is 13.2 Å². The summed E-state index contributed by atoms with van der Waals surface area (Å²) in [5.41, 5.74) is 0. The maximum atomic E-state index is 12.9. The number of carbonyl (C=O) groups excluding carboxylic acids is 3.